The quantitative estimate of drug-likeness (QED) is 0.100. The van der Waals surface area contributed by atoms with Crippen LogP contribution < -0.4 is 10.7 Å². The molecule has 3 aromatic rings. The van der Waals surface area contributed by atoms with Crippen LogP contribution in [0.4, 0.5) is 11.4 Å². The standard InChI is InChI=1S/C24H20BrN5O2S/c1-16(31)23(29-28-19-12-10-17(25)11-13-19)33-24(27-18-7-4-3-5-8-18)20(15-26)22(32)21-9-6-14-30(21)2/h3-14,27-28H,1-2H3/b24-20-,29-23+. The molecule has 0 amide bonds. The minimum absolute atomic E-state index is 0.0868. The lowest BCUT2D eigenvalue weighted by Gasteiger charge is -2.14. The molecule has 0 saturated heterocycles. The van der Waals surface area contributed by atoms with Gasteiger partial charge < -0.3 is 9.88 Å². The maximum atomic E-state index is 13.2. The lowest BCUT2D eigenvalue weighted by molar-refractivity contribution is -0.110. The van der Waals surface area contributed by atoms with Gasteiger partial charge in [-0.3, -0.25) is 15.0 Å². The maximum absolute atomic E-state index is 13.2. The third kappa shape index (κ3) is 6.44. The Bertz CT molecular complexity index is 1260. The van der Waals surface area contributed by atoms with Crippen LogP contribution in [-0.4, -0.2) is 21.2 Å². The fourth-order valence-corrected chi connectivity index (χ4v) is 3.83. The van der Waals surface area contributed by atoms with Crippen molar-refractivity contribution in [3.63, 3.8) is 0 Å². The molecule has 166 valence electrons. The molecule has 3 rings (SSSR count). The molecule has 0 spiro atoms. The van der Waals surface area contributed by atoms with E-state index < -0.39 is 5.78 Å². The van der Waals surface area contributed by atoms with Crippen LogP contribution >= 0.6 is 27.7 Å². The number of halogens is 1. The molecule has 0 fully saturated rings. The van der Waals surface area contributed by atoms with Crippen molar-refractivity contribution in [3.05, 3.63) is 93.7 Å². The number of carbonyl (C=O) groups excluding carboxylic acids is 2. The van der Waals surface area contributed by atoms with Crippen LogP contribution in [0.5, 0.6) is 0 Å². The third-order valence-corrected chi connectivity index (χ3v) is 6.02. The number of para-hydroxylation sites is 1. The van der Waals surface area contributed by atoms with Gasteiger partial charge in [0.05, 0.1) is 11.4 Å². The number of anilines is 2. The van der Waals surface area contributed by atoms with Gasteiger partial charge in [-0.05, 0) is 60.3 Å². The fraction of sp³-hybridized carbons (Fsp3) is 0.0833. The van der Waals surface area contributed by atoms with Crippen LogP contribution in [-0.2, 0) is 11.8 Å². The van der Waals surface area contributed by atoms with Crippen molar-refractivity contribution >= 4 is 55.7 Å². The van der Waals surface area contributed by atoms with Gasteiger partial charge in [-0.15, -0.1) is 0 Å². The fourth-order valence-electron chi connectivity index (χ4n) is 2.73. The van der Waals surface area contributed by atoms with Crippen molar-refractivity contribution < 1.29 is 9.59 Å². The smallest absolute Gasteiger partial charge is 0.222 e. The molecule has 0 unspecified atom stereocenters. The highest BCUT2D eigenvalue weighted by Gasteiger charge is 2.23. The van der Waals surface area contributed by atoms with Crippen molar-refractivity contribution in [2.24, 2.45) is 12.1 Å². The van der Waals surface area contributed by atoms with Gasteiger partial charge in [0.15, 0.2) is 10.8 Å². The lowest BCUT2D eigenvalue weighted by atomic mass is 10.1. The second-order valence-electron chi connectivity index (χ2n) is 6.83. The Labute approximate surface area is 204 Å². The average Bonchev–Trinajstić information content (AvgIpc) is 3.24. The summed E-state index contributed by atoms with van der Waals surface area (Å²) in [5, 5.41) is 17.5. The molecule has 0 aliphatic carbocycles. The Balaban J connectivity index is 2.00. The first-order valence-corrected chi connectivity index (χ1v) is 11.4. The normalized spacial score (nSPS) is 11.9. The number of aromatic nitrogens is 1. The summed E-state index contributed by atoms with van der Waals surface area (Å²) in [6.45, 7) is 1.38. The summed E-state index contributed by atoms with van der Waals surface area (Å²) in [6.07, 6.45) is 1.73. The van der Waals surface area contributed by atoms with Crippen LogP contribution in [0.15, 0.2) is 93.1 Å². The lowest BCUT2D eigenvalue weighted by Crippen LogP contribution is -2.15. The largest absolute Gasteiger partial charge is 0.349 e. The monoisotopic (exact) mass is 521 g/mol. The topological polar surface area (TPSA) is 99.3 Å². The van der Waals surface area contributed by atoms with E-state index in [1.807, 2.05) is 36.4 Å². The van der Waals surface area contributed by atoms with Crippen molar-refractivity contribution in [2.45, 2.75) is 6.92 Å². The van der Waals surface area contributed by atoms with E-state index in [1.54, 1.807) is 54.2 Å². The van der Waals surface area contributed by atoms with Gasteiger partial charge in [-0.2, -0.15) is 10.4 Å². The number of aryl methyl sites for hydroxylation is 1. The molecule has 0 bridgehead atoms. The number of rotatable bonds is 8. The van der Waals surface area contributed by atoms with Crippen LogP contribution in [0.1, 0.15) is 17.4 Å². The second kappa shape index (κ2) is 11.3. The Kier molecular flexibility index (Phi) is 8.24. The van der Waals surface area contributed by atoms with Crippen LogP contribution in [0, 0.1) is 11.3 Å². The average molecular weight is 522 g/mol. The highest BCUT2D eigenvalue weighted by atomic mass is 79.9. The van der Waals surface area contributed by atoms with E-state index in [1.165, 1.54) is 6.92 Å². The molecule has 1 heterocycles. The minimum atomic E-state index is -0.459. The number of ketones is 2. The van der Waals surface area contributed by atoms with Gasteiger partial charge in [-0.25, -0.2) is 0 Å². The van der Waals surface area contributed by atoms with E-state index in [2.05, 4.69) is 31.8 Å². The summed E-state index contributed by atoms with van der Waals surface area (Å²) in [7, 11) is 1.73. The molecule has 0 saturated carbocycles. The Morgan fingerprint density at radius 2 is 1.73 bits per heavy atom. The van der Waals surface area contributed by atoms with Crippen molar-refractivity contribution in [1.29, 1.82) is 5.26 Å². The molecule has 9 heteroatoms. The number of Topliss-reactive ketones (excluding diaryl/α,β-unsaturated/α-hetero) is 2. The van der Waals surface area contributed by atoms with Gasteiger partial charge in [0.25, 0.3) is 0 Å². The number of nitriles is 1. The predicted octanol–water partition coefficient (Wildman–Crippen LogP) is 5.57. The molecular weight excluding hydrogens is 502 g/mol. The molecule has 33 heavy (non-hydrogen) atoms. The summed E-state index contributed by atoms with van der Waals surface area (Å²) < 4.78 is 2.55. The first-order chi connectivity index (χ1) is 15.9. The van der Waals surface area contributed by atoms with Crippen LogP contribution in [0.3, 0.4) is 0 Å². The summed E-state index contributed by atoms with van der Waals surface area (Å²) >= 11 is 4.30. The SMILES string of the molecule is CC(=O)/C(=N\Nc1ccc(Br)cc1)S/C(Nc1ccccc1)=C(/C#N)C(=O)c1cccn1C. The number of nitrogens with one attached hydrogen (secondary N) is 2. The molecular formula is C24H20BrN5O2S. The van der Waals surface area contributed by atoms with Gasteiger partial charge in [-0.1, -0.05) is 34.1 Å². The molecule has 0 atom stereocenters. The zero-order chi connectivity index (χ0) is 23.8. The zero-order valence-corrected chi connectivity index (χ0v) is 20.3. The van der Waals surface area contributed by atoms with Gasteiger partial charge >= 0.3 is 0 Å². The molecule has 1 aromatic heterocycles. The molecule has 7 nitrogen and oxygen atoms in total. The van der Waals surface area contributed by atoms with E-state index in [-0.39, 0.29) is 21.4 Å². The summed E-state index contributed by atoms with van der Waals surface area (Å²) in [4.78, 5) is 25.5. The second-order valence-corrected chi connectivity index (χ2v) is 8.75. The molecule has 0 radical (unpaired) electrons. The first-order valence-electron chi connectivity index (χ1n) is 9.79. The molecule has 0 aliphatic heterocycles. The number of hydrogen-bond donors (Lipinski definition) is 2. The van der Waals surface area contributed by atoms with Crippen molar-refractivity contribution in [1.82, 2.24) is 4.57 Å². The Morgan fingerprint density at radius 3 is 2.30 bits per heavy atom. The number of nitrogens with zero attached hydrogens (tertiary/aromatic N) is 3. The van der Waals surface area contributed by atoms with E-state index in [4.69, 9.17) is 0 Å². The van der Waals surface area contributed by atoms with Gasteiger partial charge in [0.2, 0.25) is 5.78 Å². The van der Waals surface area contributed by atoms with Crippen molar-refractivity contribution in [3.8, 4) is 6.07 Å². The first kappa shape index (κ1) is 24.0. The maximum Gasteiger partial charge on any atom is 0.222 e. The summed E-state index contributed by atoms with van der Waals surface area (Å²) in [5.74, 6) is -0.778. The number of allylic oxidation sites excluding steroid dienone is 1. The van der Waals surface area contributed by atoms with Gasteiger partial charge in [0.1, 0.15) is 16.7 Å². The predicted molar refractivity (Wildman–Crippen MR) is 136 cm³/mol. The van der Waals surface area contributed by atoms with Crippen molar-refractivity contribution in [2.75, 3.05) is 10.7 Å². The van der Waals surface area contributed by atoms with E-state index in [9.17, 15) is 14.9 Å². The van der Waals surface area contributed by atoms with Crippen LogP contribution in [0.25, 0.3) is 0 Å². The number of hydrogen-bond acceptors (Lipinski definition) is 7. The number of hydrazone groups is 1. The highest BCUT2D eigenvalue weighted by molar-refractivity contribution is 9.10. The Hall–Kier alpha value is -3.61. The Morgan fingerprint density at radius 1 is 1.03 bits per heavy atom. The number of thioether (sulfide) groups is 1. The number of benzene rings is 2. The van der Waals surface area contributed by atoms with E-state index in [0.717, 1.165) is 16.2 Å². The van der Waals surface area contributed by atoms with E-state index >= 15 is 0 Å². The minimum Gasteiger partial charge on any atom is -0.349 e. The highest BCUT2D eigenvalue weighted by Crippen LogP contribution is 2.27. The molecule has 2 aromatic carbocycles. The summed E-state index contributed by atoms with van der Waals surface area (Å²) in [5.41, 5.74) is 4.43. The summed E-state index contributed by atoms with van der Waals surface area (Å²) in [6, 6.07) is 21.7. The van der Waals surface area contributed by atoms with Crippen LogP contribution in [0.2, 0.25) is 0 Å². The van der Waals surface area contributed by atoms with Gasteiger partial charge in [0, 0.05) is 30.3 Å². The van der Waals surface area contributed by atoms with E-state index in [0.29, 0.717) is 17.1 Å². The molecule has 0 aliphatic rings. The third-order valence-electron chi connectivity index (χ3n) is 4.40. The number of carbonyl (C=O) groups is 2. The molecule has 2 N–H and O–H groups in total. The zero-order valence-electron chi connectivity index (χ0n) is 17.9.